The van der Waals surface area contributed by atoms with Crippen molar-refractivity contribution in [3.8, 4) is 0 Å². The molecule has 2 aromatic heterocycles. The lowest BCUT2D eigenvalue weighted by Crippen LogP contribution is -2.37. The summed E-state index contributed by atoms with van der Waals surface area (Å²) in [6.07, 6.45) is 3.37. The molecule has 1 aliphatic heterocycles. The highest BCUT2D eigenvalue weighted by Crippen LogP contribution is 2.41. The van der Waals surface area contributed by atoms with Crippen molar-refractivity contribution in [1.82, 2.24) is 29.6 Å². The molecular weight excluding hydrogens is 356 g/mol. The van der Waals surface area contributed by atoms with E-state index >= 15 is 0 Å². The van der Waals surface area contributed by atoms with Crippen molar-refractivity contribution in [2.45, 2.75) is 45.3 Å². The first-order chi connectivity index (χ1) is 12.3. The number of aryl methyl sites for hydroxylation is 1. The number of rotatable bonds is 5. The minimum absolute atomic E-state index is 0.151. The van der Waals surface area contributed by atoms with Gasteiger partial charge in [-0.15, -0.1) is 0 Å². The lowest BCUT2D eigenvalue weighted by molar-refractivity contribution is 0.0948. The number of nitrogens with zero attached hydrogens (tertiary/aromatic N) is 4. The molecule has 0 spiro atoms. The Kier molecular flexibility index (Phi) is 4.11. The molecule has 2 aliphatic rings. The van der Waals surface area contributed by atoms with Gasteiger partial charge in [0, 0.05) is 18.2 Å². The second-order valence-electron chi connectivity index (χ2n) is 7.01. The number of carbonyl (C=O) groups is 1. The van der Waals surface area contributed by atoms with E-state index in [1.165, 1.54) is 10.6 Å². The number of amides is 1. The zero-order valence-electron chi connectivity index (χ0n) is 14.8. The molecule has 3 heterocycles. The molecular formula is C16H22N6O3S. The van der Waals surface area contributed by atoms with Gasteiger partial charge in [0.2, 0.25) is 10.0 Å². The van der Waals surface area contributed by atoms with Crippen LogP contribution in [0.2, 0.25) is 0 Å². The van der Waals surface area contributed by atoms with Crippen molar-refractivity contribution in [2.24, 2.45) is 0 Å². The SMILES string of the molecule is Cc1[nH]nc(C2CC2)c1C(=O)NCc1cc2n(n1)CCN(S(C)(=O)=O)C2. The van der Waals surface area contributed by atoms with Gasteiger partial charge in [0.25, 0.3) is 5.91 Å². The highest BCUT2D eigenvalue weighted by molar-refractivity contribution is 7.88. The van der Waals surface area contributed by atoms with E-state index in [9.17, 15) is 13.2 Å². The monoisotopic (exact) mass is 378 g/mol. The number of aromatic nitrogens is 4. The van der Waals surface area contributed by atoms with Gasteiger partial charge in [-0.2, -0.15) is 14.5 Å². The van der Waals surface area contributed by atoms with Gasteiger partial charge in [0.05, 0.1) is 48.5 Å². The number of fused-ring (bicyclic) bond motifs is 1. The molecule has 0 aromatic carbocycles. The third-order valence-electron chi connectivity index (χ3n) is 4.88. The van der Waals surface area contributed by atoms with Gasteiger partial charge in [0.1, 0.15) is 0 Å². The molecule has 0 unspecified atom stereocenters. The highest BCUT2D eigenvalue weighted by Gasteiger charge is 2.32. The molecule has 1 fully saturated rings. The predicted molar refractivity (Wildman–Crippen MR) is 94.0 cm³/mol. The van der Waals surface area contributed by atoms with E-state index in [0.29, 0.717) is 37.7 Å². The molecule has 4 rings (SSSR count). The number of carbonyl (C=O) groups excluding carboxylic acids is 1. The molecule has 0 radical (unpaired) electrons. The fraction of sp³-hybridized carbons (Fsp3) is 0.562. The van der Waals surface area contributed by atoms with Crippen molar-refractivity contribution < 1.29 is 13.2 Å². The number of nitrogens with one attached hydrogen (secondary N) is 2. The zero-order chi connectivity index (χ0) is 18.5. The maximum Gasteiger partial charge on any atom is 0.255 e. The molecule has 1 amide bonds. The van der Waals surface area contributed by atoms with Crippen molar-refractivity contribution in [3.05, 3.63) is 34.4 Å². The van der Waals surface area contributed by atoms with Crippen molar-refractivity contribution >= 4 is 15.9 Å². The minimum Gasteiger partial charge on any atom is -0.346 e. The van der Waals surface area contributed by atoms with Gasteiger partial charge in [-0.1, -0.05) is 0 Å². The Hall–Kier alpha value is -2.20. The van der Waals surface area contributed by atoms with Gasteiger partial charge in [0.15, 0.2) is 0 Å². The first-order valence-corrected chi connectivity index (χ1v) is 10.5. The summed E-state index contributed by atoms with van der Waals surface area (Å²) in [7, 11) is -3.21. The quantitative estimate of drug-likeness (QED) is 0.786. The Balaban J connectivity index is 1.44. The third kappa shape index (κ3) is 3.26. The van der Waals surface area contributed by atoms with Gasteiger partial charge in [-0.25, -0.2) is 8.42 Å². The number of hydrogen-bond donors (Lipinski definition) is 2. The first-order valence-electron chi connectivity index (χ1n) is 8.66. The van der Waals surface area contributed by atoms with Crippen LogP contribution in [-0.2, 0) is 29.7 Å². The van der Waals surface area contributed by atoms with Crippen LogP contribution in [0.15, 0.2) is 6.07 Å². The molecule has 1 aliphatic carbocycles. The summed E-state index contributed by atoms with van der Waals surface area (Å²) in [6, 6.07) is 1.85. The Morgan fingerprint density at radius 2 is 2.15 bits per heavy atom. The number of H-pyrrole nitrogens is 1. The highest BCUT2D eigenvalue weighted by atomic mass is 32.2. The zero-order valence-corrected chi connectivity index (χ0v) is 15.6. The van der Waals surface area contributed by atoms with E-state index in [1.54, 1.807) is 0 Å². The Morgan fingerprint density at radius 1 is 1.38 bits per heavy atom. The Morgan fingerprint density at radius 3 is 2.85 bits per heavy atom. The number of hydrogen-bond acceptors (Lipinski definition) is 5. The Labute approximate surface area is 151 Å². The topological polar surface area (TPSA) is 113 Å². The second-order valence-corrected chi connectivity index (χ2v) is 8.99. The average Bonchev–Trinajstić information content (AvgIpc) is 3.22. The summed E-state index contributed by atoms with van der Waals surface area (Å²) >= 11 is 0. The summed E-state index contributed by atoms with van der Waals surface area (Å²) < 4.78 is 26.6. The normalized spacial score (nSPS) is 17.9. The molecule has 2 aromatic rings. The standard InChI is InChI=1S/C16H22N6O3S/c1-10-14(15(19-18-10)11-3-4-11)16(23)17-8-12-7-13-9-21(26(2,24)25)5-6-22(13)20-12/h7,11H,3-6,8-9H2,1-2H3,(H,17,23)(H,18,19). The lowest BCUT2D eigenvalue weighted by atomic mass is 10.1. The molecule has 0 saturated heterocycles. The lowest BCUT2D eigenvalue weighted by Gasteiger charge is -2.25. The van der Waals surface area contributed by atoms with Crippen LogP contribution in [0.3, 0.4) is 0 Å². The average molecular weight is 378 g/mol. The summed E-state index contributed by atoms with van der Waals surface area (Å²) in [4.78, 5) is 12.6. The van der Waals surface area contributed by atoms with Crippen LogP contribution in [-0.4, -0.2) is 51.4 Å². The van der Waals surface area contributed by atoms with E-state index in [1.807, 2.05) is 17.7 Å². The summed E-state index contributed by atoms with van der Waals surface area (Å²) in [6.45, 7) is 3.39. The van der Waals surface area contributed by atoms with Crippen LogP contribution in [0, 0.1) is 6.92 Å². The fourth-order valence-corrected chi connectivity index (χ4v) is 4.10. The summed E-state index contributed by atoms with van der Waals surface area (Å²) in [5.41, 5.74) is 3.83. The molecule has 9 nitrogen and oxygen atoms in total. The van der Waals surface area contributed by atoms with Crippen LogP contribution in [0.4, 0.5) is 0 Å². The second kappa shape index (κ2) is 6.20. The largest absolute Gasteiger partial charge is 0.346 e. The van der Waals surface area contributed by atoms with Crippen LogP contribution in [0.25, 0.3) is 0 Å². The first kappa shape index (κ1) is 17.2. The summed E-state index contributed by atoms with van der Waals surface area (Å²) in [5.74, 6) is 0.240. The van der Waals surface area contributed by atoms with E-state index in [-0.39, 0.29) is 5.91 Å². The third-order valence-corrected chi connectivity index (χ3v) is 6.13. The molecule has 10 heteroatoms. The van der Waals surface area contributed by atoms with Gasteiger partial charge >= 0.3 is 0 Å². The fourth-order valence-electron chi connectivity index (χ4n) is 3.32. The van der Waals surface area contributed by atoms with Gasteiger partial charge in [-0.3, -0.25) is 14.6 Å². The van der Waals surface area contributed by atoms with Gasteiger partial charge in [-0.05, 0) is 25.8 Å². The number of aromatic amines is 1. The maximum absolute atomic E-state index is 12.6. The molecule has 26 heavy (non-hydrogen) atoms. The molecule has 0 atom stereocenters. The van der Waals surface area contributed by atoms with E-state index in [2.05, 4.69) is 20.6 Å². The smallest absolute Gasteiger partial charge is 0.255 e. The van der Waals surface area contributed by atoms with Crippen LogP contribution < -0.4 is 5.32 Å². The van der Waals surface area contributed by atoms with Crippen LogP contribution in [0.5, 0.6) is 0 Å². The van der Waals surface area contributed by atoms with Gasteiger partial charge < -0.3 is 5.32 Å². The van der Waals surface area contributed by atoms with Crippen molar-refractivity contribution in [3.63, 3.8) is 0 Å². The van der Waals surface area contributed by atoms with E-state index in [4.69, 9.17) is 0 Å². The summed E-state index contributed by atoms with van der Waals surface area (Å²) in [5, 5.41) is 14.6. The number of sulfonamides is 1. The predicted octanol–water partition coefficient (Wildman–Crippen LogP) is 0.497. The van der Waals surface area contributed by atoms with E-state index in [0.717, 1.165) is 35.6 Å². The molecule has 1 saturated carbocycles. The molecule has 140 valence electrons. The van der Waals surface area contributed by atoms with Crippen molar-refractivity contribution in [2.75, 3.05) is 12.8 Å². The Bertz CT molecular complexity index is 957. The van der Waals surface area contributed by atoms with E-state index < -0.39 is 10.0 Å². The van der Waals surface area contributed by atoms with Crippen LogP contribution >= 0.6 is 0 Å². The molecule has 2 N–H and O–H groups in total. The minimum atomic E-state index is -3.21. The van der Waals surface area contributed by atoms with Crippen LogP contribution in [0.1, 0.15) is 51.9 Å². The molecule has 0 bridgehead atoms. The maximum atomic E-state index is 12.6. The van der Waals surface area contributed by atoms with Crippen molar-refractivity contribution in [1.29, 1.82) is 0 Å².